The maximum absolute atomic E-state index is 11.8. The summed E-state index contributed by atoms with van der Waals surface area (Å²) < 4.78 is 6.41. The zero-order valence-corrected chi connectivity index (χ0v) is 12.8. The van der Waals surface area contributed by atoms with Crippen molar-refractivity contribution >= 4 is 22.6 Å². The van der Waals surface area contributed by atoms with Gasteiger partial charge in [-0.25, -0.2) is 4.98 Å². The lowest BCUT2D eigenvalue weighted by molar-refractivity contribution is 0.0156. The molecule has 18 heavy (non-hydrogen) atoms. The average molecular weight is 362 g/mol. The van der Waals surface area contributed by atoms with Crippen molar-refractivity contribution in [2.45, 2.75) is 51.6 Å². The highest BCUT2D eigenvalue weighted by Gasteiger charge is 2.17. The Kier molecular flexibility index (Phi) is 5.17. The van der Waals surface area contributed by atoms with Crippen LogP contribution in [0.3, 0.4) is 0 Å². The molecule has 2 heterocycles. The van der Waals surface area contributed by atoms with Crippen LogP contribution in [-0.4, -0.2) is 22.7 Å². The van der Waals surface area contributed by atoms with Crippen LogP contribution >= 0.6 is 22.6 Å². The normalized spacial score (nSPS) is 20.0. The van der Waals surface area contributed by atoms with Gasteiger partial charge in [0.25, 0.3) is 5.56 Å². The van der Waals surface area contributed by atoms with Crippen LogP contribution in [0.4, 0.5) is 0 Å². The summed E-state index contributed by atoms with van der Waals surface area (Å²) in [4.78, 5) is 19.3. The smallest absolute Gasteiger partial charge is 0.264 e. The van der Waals surface area contributed by atoms with E-state index in [1.54, 1.807) is 0 Å². The van der Waals surface area contributed by atoms with Gasteiger partial charge in [0.2, 0.25) is 0 Å². The lowest BCUT2D eigenvalue weighted by atomic mass is 10.1. The van der Waals surface area contributed by atoms with Gasteiger partial charge in [-0.3, -0.25) is 4.79 Å². The molecule has 100 valence electrons. The number of aromatic amines is 1. The molecule has 0 aliphatic carbocycles. The van der Waals surface area contributed by atoms with Crippen LogP contribution in [-0.2, 0) is 17.6 Å². The van der Waals surface area contributed by atoms with E-state index >= 15 is 0 Å². The molecule has 4 nitrogen and oxygen atoms in total. The molecular formula is C13H19IN2O2. The number of hydrogen-bond acceptors (Lipinski definition) is 3. The fraction of sp³-hybridized carbons (Fsp3) is 0.692. The van der Waals surface area contributed by atoms with Gasteiger partial charge in [0.15, 0.2) is 0 Å². The second kappa shape index (κ2) is 6.65. The first-order chi connectivity index (χ1) is 8.70. The van der Waals surface area contributed by atoms with Crippen LogP contribution in [0.2, 0.25) is 0 Å². The Morgan fingerprint density at radius 3 is 3.00 bits per heavy atom. The predicted octanol–water partition coefficient (Wildman–Crippen LogP) is 2.44. The molecule has 0 saturated carbocycles. The van der Waals surface area contributed by atoms with Gasteiger partial charge in [-0.15, -0.1) is 0 Å². The zero-order chi connectivity index (χ0) is 13.0. The molecule has 0 aromatic carbocycles. The Bertz CT molecular complexity index is 453. The number of aryl methyl sites for hydroxylation is 1. The van der Waals surface area contributed by atoms with Gasteiger partial charge in [0.05, 0.1) is 15.4 Å². The molecule has 0 spiro atoms. The van der Waals surface area contributed by atoms with E-state index in [0.29, 0.717) is 0 Å². The number of rotatable bonds is 4. The van der Waals surface area contributed by atoms with Crippen LogP contribution in [0.1, 0.15) is 44.1 Å². The summed E-state index contributed by atoms with van der Waals surface area (Å²) in [5.74, 6) is 0.774. The summed E-state index contributed by atoms with van der Waals surface area (Å²) in [6, 6.07) is 0. The number of nitrogens with one attached hydrogen (secondary N) is 1. The zero-order valence-electron chi connectivity index (χ0n) is 10.7. The van der Waals surface area contributed by atoms with Crippen LogP contribution < -0.4 is 5.56 Å². The van der Waals surface area contributed by atoms with Gasteiger partial charge >= 0.3 is 0 Å². The monoisotopic (exact) mass is 362 g/mol. The molecule has 1 aromatic rings. The number of ether oxygens (including phenoxy) is 1. The van der Waals surface area contributed by atoms with Crippen LogP contribution in [0.25, 0.3) is 0 Å². The number of H-pyrrole nitrogens is 1. The van der Waals surface area contributed by atoms with E-state index in [4.69, 9.17) is 4.74 Å². The topological polar surface area (TPSA) is 55.0 Å². The van der Waals surface area contributed by atoms with Crippen molar-refractivity contribution in [2.24, 2.45) is 0 Å². The molecule has 1 atom stereocenters. The molecule has 1 aliphatic rings. The predicted molar refractivity (Wildman–Crippen MR) is 78.9 cm³/mol. The lowest BCUT2D eigenvalue weighted by Gasteiger charge is -2.22. The van der Waals surface area contributed by atoms with Gasteiger partial charge in [-0.05, 0) is 48.3 Å². The van der Waals surface area contributed by atoms with E-state index in [0.717, 1.165) is 53.8 Å². The molecule has 1 fully saturated rings. The molecule has 1 N–H and O–H groups in total. The van der Waals surface area contributed by atoms with Crippen molar-refractivity contribution < 1.29 is 4.74 Å². The van der Waals surface area contributed by atoms with Gasteiger partial charge < -0.3 is 9.72 Å². The highest BCUT2D eigenvalue weighted by atomic mass is 127. The first kappa shape index (κ1) is 14.0. The molecule has 2 rings (SSSR count). The van der Waals surface area contributed by atoms with Crippen molar-refractivity contribution in [1.29, 1.82) is 0 Å². The fourth-order valence-corrected chi connectivity index (χ4v) is 2.77. The third kappa shape index (κ3) is 3.54. The van der Waals surface area contributed by atoms with Gasteiger partial charge in [0, 0.05) is 13.0 Å². The molecule has 0 amide bonds. The fourth-order valence-electron chi connectivity index (χ4n) is 2.24. The van der Waals surface area contributed by atoms with Crippen LogP contribution in [0.5, 0.6) is 0 Å². The second-order valence-corrected chi connectivity index (χ2v) is 5.79. The SMILES string of the molecule is CCCc1nc(CC2CCCCO2)[nH]c(=O)c1I. The van der Waals surface area contributed by atoms with E-state index in [-0.39, 0.29) is 11.7 Å². The minimum Gasteiger partial charge on any atom is -0.378 e. The van der Waals surface area contributed by atoms with Gasteiger partial charge in [0.1, 0.15) is 5.82 Å². The van der Waals surface area contributed by atoms with E-state index in [2.05, 4.69) is 39.5 Å². The second-order valence-electron chi connectivity index (χ2n) is 4.72. The average Bonchev–Trinajstić information content (AvgIpc) is 2.37. The highest BCUT2D eigenvalue weighted by Crippen LogP contribution is 2.16. The first-order valence-electron chi connectivity index (χ1n) is 6.60. The van der Waals surface area contributed by atoms with Crippen molar-refractivity contribution in [1.82, 2.24) is 9.97 Å². The summed E-state index contributed by atoms with van der Waals surface area (Å²) >= 11 is 2.08. The van der Waals surface area contributed by atoms with E-state index in [1.807, 2.05) is 0 Å². The third-order valence-electron chi connectivity index (χ3n) is 3.16. The minimum atomic E-state index is -0.0140. The molecular weight excluding hydrogens is 343 g/mol. The number of aromatic nitrogens is 2. The maximum atomic E-state index is 11.8. The number of halogens is 1. The molecule has 1 saturated heterocycles. The van der Waals surface area contributed by atoms with E-state index < -0.39 is 0 Å². The van der Waals surface area contributed by atoms with Gasteiger partial charge in [-0.1, -0.05) is 13.3 Å². The summed E-state index contributed by atoms with van der Waals surface area (Å²) in [7, 11) is 0. The Morgan fingerprint density at radius 1 is 1.50 bits per heavy atom. The van der Waals surface area contributed by atoms with Gasteiger partial charge in [-0.2, -0.15) is 0 Å². The Hall–Kier alpha value is -0.430. The summed E-state index contributed by atoms with van der Waals surface area (Å²) in [5.41, 5.74) is 0.910. The standard InChI is InChI=1S/C13H19IN2O2/c1-2-5-10-12(14)13(17)16-11(15-10)8-9-6-3-4-7-18-9/h9H,2-8H2,1H3,(H,15,16,17). The third-order valence-corrected chi connectivity index (χ3v) is 4.27. The summed E-state index contributed by atoms with van der Waals surface area (Å²) in [5, 5.41) is 0. The Morgan fingerprint density at radius 2 is 2.33 bits per heavy atom. The van der Waals surface area contributed by atoms with Crippen LogP contribution in [0, 0.1) is 3.57 Å². The Labute approximate surface area is 121 Å². The Balaban J connectivity index is 2.14. The quantitative estimate of drug-likeness (QED) is 0.838. The number of hydrogen-bond donors (Lipinski definition) is 1. The molecule has 0 radical (unpaired) electrons. The molecule has 1 aromatic heterocycles. The van der Waals surface area contributed by atoms with Crippen LogP contribution in [0.15, 0.2) is 4.79 Å². The minimum absolute atomic E-state index is 0.0140. The molecule has 1 unspecified atom stereocenters. The summed E-state index contributed by atoms with van der Waals surface area (Å²) in [6.45, 7) is 2.93. The largest absolute Gasteiger partial charge is 0.378 e. The van der Waals surface area contributed by atoms with Crippen molar-refractivity contribution in [3.05, 3.63) is 25.4 Å². The van der Waals surface area contributed by atoms with Crippen molar-refractivity contribution in [3.8, 4) is 0 Å². The van der Waals surface area contributed by atoms with Crippen molar-refractivity contribution in [3.63, 3.8) is 0 Å². The first-order valence-corrected chi connectivity index (χ1v) is 7.67. The van der Waals surface area contributed by atoms with E-state index in [1.165, 1.54) is 6.42 Å². The molecule has 1 aliphatic heterocycles. The maximum Gasteiger partial charge on any atom is 0.264 e. The lowest BCUT2D eigenvalue weighted by Crippen LogP contribution is -2.25. The molecule has 5 heteroatoms. The van der Waals surface area contributed by atoms with Crippen molar-refractivity contribution in [2.75, 3.05) is 6.61 Å². The summed E-state index contributed by atoms with van der Waals surface area (Å²) in [6.07, 6.45) is 6.24. The molecule has 0 bridgehead atoms. The van der Waals surface area contributed by atoms with E-state index in [9.17, 15) is 4.79 Å². The highest BCUT2D eigenvalue weighted by molar-refractivity contribution is 14.1. The number of nitrogens with zero attached hydrogens (tertiary/aromatic N) is 1.